The second-order valence-electron chi connectivity index (χ2n) is 5.75. The van der Waals surface area contributed by atoms with E-state index in [1.54, 1.807) is 6.07 Å². The van der Waals surface area contributed by atoms with E-state index in [0.29, 0.717) is 13.0 Å². The summed E-state index contributed by atoms with van der Waals surface area (Å²) < 4.78 is 42.3. The second-order valence-corrected chi connectivity index (χ2v) is 8.01. The van der Waals surface area contributed by atoms with Crippen LogP contribution in [0.15, 0.2) is 18.2 Å². The van der Waals surface area contributed by atoms with Gasteiger partial charge in [0.1, 0.15) is 0 Å². The molecule has 1 aromatic carbocycles. The standard InChI is InChI=1S/C15H22FNO3S/c1-17(13-5-4-6-15(13)21(3,18)19)10-11-7-8-14(20-2)12(16)9-11/h7-9,13,15H,4-6,10H2,1-3H3/t13-,15-/m1/s1. The molecule has 0 radical (unpaired) electrons. The predicted octanol–water partition coefficient (Wildman–Crippen LogP) is 2.23. The smallest absolute Gasteiger partial charge is 0.165 e. The maximum absolute atomic E-state index is 13.7. The third-order valence-electron chi connectivity index (χ3n) is 4.18. The van der Waals surface area contributed by atoms with Crippen LogP contribution in [0.2, 0.25) is 0 Å². The van der Waals surface area contributed by atoms with Gasteiger partial charge in [-0.15, -0.1) is 0 Å². The molecule has 2 atom stereocenters. The van der Waals surface area contributed by atoms with Crippen LogP contribution in [0, 0.1) is 5.82 Å². The van der Waals surface area contributed by atoms with Crippen molar-refractivity contribution in [3.8, 4) is 5.75 Å². The fourth-order valence-corrected chi connectivity index (χ4v) is 4.63. The van der Waals surface area contributed by atoms with E-state index in [4.69, 9.17) is 4.74 Å². The molecule has 0 saturated heterocycles. The maximum Gasteiger partial charge on any atom is 0.165 e. The summed E-state index contributed by atoms with van der Waals surface area (Å²) in [4.78, 5) is 2.01. The number of sulfone groups is 1. The molecule has 1 aliphatic carbocycles. The fourth-order valence-electron chi connectivity index (χ4n) is 3.12. The van der Waals surface area contributed by atoms with Crippen molar-refractivity contribution in [1.29, 1.82) is 0 Å². The van der Waals surface area contributed by atoms with Crippen molar-refractivity contribution in [2.24, 2.45) is 0 Å². The molecule has 0 bridgehead atoms. The van der Waals surface area contributed by atoms with Crippen LogP contribution in [-0.4, -0.2) is 45.0 Å². The first-order valence-electron chi connectivity index (χ1n) is 7.04. The van der Waals surface area contributed by atoms with Gasteiger partial charge in [-0.3, -0.25) is 4.90 Å². The highest BCUT2D eigenvalue weighted by Gasteiger charge is 2.37. The monoisotopic (exact) mass is 315 g/mol. The quantitative estimate of drug-likeness (QED) is 0.836. The summed E-state index contributed by atoms with van der Waals surface area (Å²) in [6.45, 7) is 0.525. The van der Waals surface area contributed by atoms with Gasteiger partial charge in [0.15, 0.2) is 21.4 Å². The Kier molecular flexibility index (Phi) is 4.88. The number of methoxy groups -OCH3 is 1. The number of benzene rings is 1. The Hall–Kier alpha value is -1.14. The summed E-state index contributed by atoms with van der Waals surface area (Å²) in [5, 5.41) is -0.314. The molecule has 2 rings (SSSR count). The van der Waals surface area contributed by atoms with E-state index in [9.17, 15) is 12.8 Å². The van der Waals surface area contributed by atoms with Gasteiger partial charge >= 0.3 is 0 Å². The van der Waals surface area contributed by atoms with Crippen LogP contribution in [0.3, 0.4) is 0 Å². The number of hydrogen-bond donors (Lipinski definition) is 0. The van der Waals surface area contributed by atoms with Gasteiger partial charge in [0.2, 0.25) is 0 Å². The van der Waals surface area contributed by atoms with Gasteiger partial charge < -0.3 is 4.74 Å². The predicted molar refractivity (Wildman–Crippen MR) is 80.7 cm³/mol. The lowest BCUT2D eigenvalue weighted by Crippen LogP contribution is -2.40. The SMILES string of the molecule is COc1ccc(CN(C)[C@@H]2CCC[C@H]2S(C)(=O)=O)cc1F. The summed E-state index contributed by atoms with van der Waals surface area (Å²) in [7, 11) is 0.286. The van der Waals surface area contributed by atoms with Crippen molar-refractivity contribution in [1.82, 2.24) is 4.90 Å². The molecule has 0 unspecified atom stereocenters. The van der Waals surface area contributed by atoms with Crippen LogP contribution in [0.4, 0.5) is 4.39 Å². The lowest BCUT2D eigenvalue weighted by molar-refractivity contribution is 0.238. The Morgan fingerprint density at radius 2 is 2.10 bits per heavy atom. The third kappa shape index (κ3) is 3.74. The maximum atomic E-state index is 13.7. The van der Waals surface area contributed by atoms with E-state index in [1.807, 2.05) is 18.0 Å². The van der Waals surface area contributed by atoms with E-state index in [2.05, 4.69) is 0 Å². The summed E-state index contributed by atoms with van der Waals surface area (Å²) in [6, 6.07) is 4.86. The molecular formula is C15H22FNO3S. The van der Waals surface area contributed by atoms with Gasteiger partial charge in [-0.25, -0.2) is 12.8 Å². The molecule has 1 aromatic rings. The molecule has 0 heterocycles. The average Bonchev–Trinajstić information content (AvgIpc) is 2.88. The minimum Gasteiger partial charge on any atom is -0.494 e. The molecule has 1 fully saturated rings. The normalized spacial score (nSPS) is 22.7. The van der Waals surface area contributed by atoms with E-state index < -0.39 is 15.7 Å². The van der Waals surface area contributed by atoms with Gasteiger partial charge in [-0.05, 0) is 37.6 Å². The van der Waals surface area contributed by atoms with Crippen molar-refractivity contribution in [3.63, 3.8) is 0 Å². The molecular weight excluding hydrogens is 293 g/mol. The number of halogens is 1. The van der Waals surface area contributed by atoms with Gasteiger partial charge in [-0.1, -0.05) is 12.5 Å². The minimum absolute atomic E-state index is 0.00478. The molecule has 4 nitrogen and oxygen atoms in total. The Morgan fingerprint density at radius 1 is 1.38 bits per heavy atom. The summed E-state index contributed by atoms with van der Waals surface area (Å²) >= 11 is 0. The van der Waals surface area contributed by atoms with Crippen molar-refractivity contribution >= 4 is 9.84 Å². The van der Waals surface area contributed by atoms with Crippen LogP contribution in [0.25, 0.3) is 0 Å². The molecule has 1 aliphatic rings. The highest BCUT2D eigenvalue weighted by Crippen LogP contribution is 2.29. The topological polar surface area (TPSA) is 46.6 Å². The average molecular weight is 315 g/mol. The highest BCUT2D eigenvalue weighted by atomic mass is 32.2. The Bertz CT molecular complexity index is 603. The van der Waals surface area contributed by atoms with Gasteiger partial charge in [0.05, 0.1) is 12.4 Å². The first-order valence-corrected chi connectivity index (χ1v) is 9.00. The summed E-state index contributed by atoms with van der Waals surface area (Å²) in [6.07, 6.45) is 3.80. The molecule has 0 aliphatic heterocycles. The van der Waals surface area contributed by atoms with Crippen LogP contribution in [0.1, 0.15) is 24.8 Å². The zero-order chi connectivity index (χ0) is 15.6. The van der Waals surface area contributed by atoms with Crippen molar-refractivity contribution in [2.45, 2.75) is 37.1 Å². The molecule has 6 heteroatoms. The first-order chi connectivity index (χ1) is 9.82. The number of ether oxygens (including phenoxy) is 1. The molecule has 1 saturated carbocycles. The van der Waals surface area contributed by atoms with Crippen LogP contribution in [-0.2, 0) is 16.4 Å². The van der Waals surface area contributed by atoms with E-state index in [1.165, 1.54) is 19.4 Å². The number of hydrogen-bond acceptors (Lipinski definition) is 4. The number of rotatable bonds is 5. The Balaban J connectivity index is 2.10. The fraction of sp³-hybridized carbons (Fsp3) is 0.600. The lowest BCUT2D eigenvalue weighted by atomic mass is 10.1. The zero-order valence-corrected chi connectivity index (χ0v) is 13.5. The minimum atomic E-state index is -3.04. The van der Waals surface area contributed by atoms with Crippen molar-refractivity contribution in [3.05, 3.63) is 29.6 Å². The Morgan fingerprint density at radius 3 is 2.67 bits per heavy atom. The first kappa shape index (κ1) is 16.2. The van der Waals surface area contributed by atoms with E-state index >= 15 is 0 Å². The van der Waals surface area contributed by atoms with Crippen LogP contribution < -0.4 is 4.74 Å². The largest absolute Gasteiger partial charge is 0.494 e. The summed E-state index contributed by atoms with van der Waals surface area (Å²) in [5.74, 6) is -0.175. The van der Waals surface area contributed by atoms with E-state index in [-0.39, 0.29) is 17.0 Å². The number of nitrogens with zero attached hydrogens (tertiary/aromatic N) is 1. The molecule has 0 spiro atoms. The second kappa shape index (κ2) is 6.32. The van der Waals surface area contributed by atoms with Gasteiger partial charge in [-0.2, -0.15) is 0 Å². The van der Waals surface area contributed by atoms with Crippen molar-refractivity contribution in [2.75, 3.05) is 20.4 Å². The highest BCUT2D eigenvalue weighted by molar-refractivity contribution is 7.91. The van der Waals surface area contributed by atoms with Gasteiger partial charge in [0.25, 0.3) is 0 Å². The van der Waals surface area contributed by atoms with Crippen LogP contribution >= 0.6 is 0 Å². The molecule has 0 amide bonds. The molecule has 0 aromatic heterocycles. The van der Waals surface area contributed by atoms with Crippen molar-refractivity contribution < 1.29 is 17.5 Å². The summed E-state index contributed by atoms with van der Waals surface area (Å²) in [5.41, 5.74) is 0.815. The Labute approximate surface area is 125 Å². The van der Waals surface area contributed by atoms with Gasteiger partial charge in [0, 0.05) is 18.8 Å². The zero-order valence-electron chi connectivity index (χ0n) is 12.7. The van der Waals surface area contributed by atoms with Crippen LogP contribution in [0.5, 0.6) is 5.75 Å². The van der Waals surface area contributed by atoms with E-state index in [0.717, 1.165) is 18.4 Å². The molecule has 21 heavy (non-hydrogen) atoms. The molecule has 0 N–H and O–H groups in total. The lowest BCUT2D eigenvalue weighted by Gasteiger charge is -2.28. The third-order valence-corrected chi connectivity index (χ3v) is 5.83. The molecule has 118 valence electrons.